The second-order valence-corrected chi connectivity index (χ2v) is 7.61. The maximum absolute atomic E-state index is 12.9. The lowest BCUT2D eigenvalue weighted by Crippen LogP contribution is -2.52. The van der Waals surface area contributed by atoms with Crippen LogP contribution < -0.4 is 5.32 Å². The first kappa shape index (κ1) is 20.3. The van der Waals surface area contributed by atoms with Gasteiger partial charge in [0.1, 0.15) is 6.04 Å². The summed E-state index contributed by atoms with van der Waals surface area (Å²) in [6, 6.07) is 6.64. The highest BCUT2D eigenvalue weighted by molar-refractivity contribution is 6.43. The van der Waals surface area contributed by atoms with Gasteiger partial charge in [0.05, 0.1) is 17.0 Å². The lowest BCUT2D eigenvalue weighted by molar-refractivity contribution is -0.132. The molecule has 2 heterocycles. The van der Waals surface area contributed by atoms with Gasteiger partial charge >= 0.3 is 7.12 Å². The highest BCUT2D eigenvalue weighted by atomic mass is 16.4. The Hall–Kier alpha value is -2.45. The Morgan fingerprint density at radius 2 is 2.00 bits per heavy atom. The number of likely N-dealkylation sites (tertiary alicyclic amines) is 1. The molecule has 1 aliphatic heterocycles. The number of nitrogens with zero attached hydrogens (tertiary/aromatic N) is 2. The van der Waals surface area contributed by atoms with E-state index in [1.165, 1.54) is 4.90 Å². The molecule has 148 valence electrons. The average molecular weight is 383 g/mol. The molecular weight excluding hydrogens is 357 g/mol. The third-order valence-electron chi connectivity index (χ3n) is 5.31. The third kappa shape index (κ3) is 3.88. The van der Waals surface area contributed by atoms with E-state index in [9.17, 15) is 19.6 Å². The van der Waals surface area contributed by atoms with E-state index < -0.39 is 19.1 Å². The van der Waals surface area contributed by atoms with Gasteiger partial charge in [-0.25, -0.2) is 0 Å². The zero-order valence-electron chi connectivity index (χ0n) is 16.4. The van der Waals surface area contributed by atoms with Crippen LogP contribution in [0.15, 0.2) is 30.5 Å². The molecule has 2 atom stereocenters. The summed E-state index contributed by atoms with van der Waals surface area (Å²) < 4.78 is 0. The normalized spacial score (nSPS) is 17.8. The first-order valence-corrected chi connectivity index (χ1v) is 9.66. The molecule has 3 rings (SSSR count). The van der Waals surface area contributed by atoms with E-state index in [4.69, 9.17) is 0 Å². The molecule has 1 aromatic heterocycles. The first-order chi connectivity index (χ1) is 13.3. The molecule has 1 saturated heterocycles. The summed E-state index contributed by atoms with van der Waals surface area (Å²) in [5.74, 6) is -1.02. The summed E-state index contributed by atoms with van der Waals surface area (Å²) in [6.45, 7) is 6.22. The second-order valence-electron chi connectivity index (χ2n) is 7.61. The van der Waals surface area contributed by atoms with E-state index in [0.29, 0.717) is 24.9 Å². The van der Waals surface area contributed by atoms with Gasteiger partial charge in [0.2, 0.25) is 5.91 Å². The molecule has 2 aromatic rings. The summed E-state index contributed by atoms with van der Waals surface area (Å²) in [7, 11) is -1.58. The van der Waals surface area contributed by atoms with E-state index in [1.807, 2.05) is 18.2 Å². The van der Waals surface area contributed by atoms with Gasteiger partial charge in [-0.3, -0.25) is 14.6 Å². The molecule has 2 unspecified atom stereocenters. The molecule has 28 heavy (non-hydrogen) atoms. The van der Waals surface area contributed by atoms with Crippen molar-refractivity contribution in [3.8, 4) is 0 Å². The molecule has 7 nitrogen and oxygen atoms in total. The number of carbonyl (C=O) groups is 2. The highest BCUT2D eigenvalue weighted by Gasteiger charge is 2.38. The number of pyridine rings is 1. The fraction of sp³-hybridized carbons (Fsp3) is 0.450. The number of benzene rings is 1. The number of para-hydroxylation sites is 1. The van der Waals surface area contributed by atoms with Crippen molar-refractivity contribution >= 4 is 29.8 Å². The van der Waals surface area contributed by atoms with E-state index in [2.05, 4.69) is 24.1 Å². The van der Waals surface area contributed by atoms with Crippen LogP contribution in [-0.2, 0) is 4.79 Å². The van der Waals surface area contributed by atoms with Crippen molar-refractivity contribution in [2.75, 3.05) is 6.54 Å². The number of nitrogens with one attached hydrogen (secondary N) is 1. The minimum atomic E-state index is -1.58. The first-order valence-electron chi connectivity index (χ1n) is 9.66. The van der Waals surface area contributed by atoms with Crippen LogP contribution in [0.2, 0.25) is 0 Å². The van der Waals surface area contributed by atoms with Gasteiger partial charge in [-0.1, -0.05) is 32.0 Å². The van der Waals surface area contributed by atoms with Gasteiger partial charge in [0, 0.05) is 18.1 Å². The van der Waals surface area contributed by atoms with Crippen molar-refractivity contribution in [3.05, 3.63) is 41.6 Å². The van der Waals surface area contributed by atoms with Crippen LogP contribution in [0.3, 0.4) is 0 Å². The summed E-state index contributed by atoms with van der Waals surface area (Å²) in [5.41, 5.74) is 2.31. The summed E-state index contributed by atoms with van der Waals surface area (Å²) >= 11 is 0. The standard InChI is InChI=1S/C20H26BN3O4/c1-12(2)14-6-4-7-15-16(9-10-22-18(14)15)19(25)23-13(3)20(26)24-11-5-8-17(24)21(27)28/h4,6-7,9-10,12-13,17,27-28H,5,8,11H2,1-3H3,(H,23,25). The van der Waals surface area contributed by atoms with Crippen molar-refractivity contribution in [1.29, 1.82) is 0 Å². The van der Waals surface area contributed by atoms with Gasteiger partial charge in [-0.05, 0) is 37.3 Å². The zero-order valence-corrected chi connectivity index (χ0v) is 16.4. The fourth-order valence-corrected chi connectivity index (χ4v) is 3.82. The second kappa shape index (κ2) is 8.28. The van der Waals surface area contributed by atoms with Crippen LogP contribution >= 0.6 is 0 Å². The molecule has 0 aliphatic carbocycles. The van der Waals surface area contributed by atoms with Crippen LogP contribution in [0, 0.1) is 0 Å². The smallest absolute Gasteiger partial charge is 0.426 e. The molecule has 0 radical (unpaired) electrons. The quantitative estimate of drug-likeness (QED) is 0.679. The Labute approximate surface area is 164 Å². The molecule has 1 fully saturated rings. The Bertz CT molecular complexity index is 887. The van der Waals surface area contributed by atoms with Crippen molar-refractivity contribution in [1.82, 2.24) is 15.2 Å². The van der Waals surface area contributed by atoms with Crippen LogP contribution in [0.1, 0.15) is 55.5 Å². The Balaban J connectivity index is 1.81. The Kier molecular flexibility index (Phi) is 6.00. The van der Waals surface area contributed by atoms with Crippen molar-refractivity contribution < 1.29 is 19.6 Å². The Morgan fingerprint density at radius 1 is 1.25 bits per heavy atom. The molecule has 0 spiro atoms. The van der Waals surface area contributed by atoms with Gasteiger partial charge in [-0.2, -0.15) is 0 Å². The monoisotopic (exact) mass is 383 g/mol. The molecule has 0 bridgehead atoms. The molecule has 3 N–H and O–H groups in total. The lowest BCUT2D eigenvalue weighted by atomic mass is 9.78. The van der Waals surface area contributed by atoms with Crippen LogP contribution in [0.5, 0.6) is 0 Å². The number of aromatic nitrogens is 1. The van der Waals surface area contributed by atoms with Crippen LogP contribution in [0.4, 0.5) is 0 Å². The summed E-state index contributed by atoms with van der Waals surface area (Å²) in [6.07, 6.45) is 2.85. The predicted octanol–water partition coefficient (Wildman–Crippen LogP) is 1.48. The van der Waals surface area contributed by atoms with Crippen molar-refractivity contribution in [2.45, 2.75) is 51.5 Å². The summed E-state index contributed by atoms with van der Waals surface area (Å²) in [5, 5.41) is 22.4. The van der Waals surface area contributed by atoms with Gasteiger partial charge in [0.25, 0.3) is 5.91 Å². The average Bonchev–Trinajstić information content (AvgIpc) is 3.16. The Morgan fingerprint density at radius 3 is 2.68 bits per heavy atom. The van der Waals surface area contributed by atoms with E-state index in [1.54, 1.807) is 19.2 Å². The number of amides is 2. The number of hydrogen-bond acceptors (Lipinski definition) is 5. The topological polar surface area (TPSA) is 103 Å². The largest absolute Gasteiger partial charge is 0.475 e. The molecular formula is C20H26BN3O4. The van der Waals surface area contributed by atoms with Crippen LogP contribution in [0.25, 0.3) is 10.9 Å². The SMILES string of the molecule is CC(NC(=O)c1ccnc2c(C(C)C)cccc12)C(=O)N1CCCC1B(O)O. The number of rotatable bonds is 5. The third-order valence-corrected chi connectivity index (χ3v) is 5.31. The molecule has 2 amide bonds. The van der Waals surface area contributed by atoms with E-state index >= 15 is 0 Å². The number of fused-ring (bicyclic) bond motifs is 1. The van der Waals surface area contributed by atoms with Crippen LogP contribution in [-0.4, -0.2) is 57.4 Å². The molecule has 0 saturated carbocycles. The minimum Gasteiger partial charge on any atom is -0.426 e. The van der Waals surface area contributed by atoms with Gasteiger partial charge in [0.15, 0.2) is 0 Å². The maximum Gasteiger partial charge on any atom is 0.475 e. The number of carbonyl (C=O) groups excluding carboxylic acids is 2. The van der Waals surface area contributed by atoms with Crippen molar-refractivity contribution in [3.63, 3.8) is 0 Å². The minimum absolute atomic E-state index is 0.270. The van der Waals surface area contributed by atoms with E-state index in [0.717, 1.165) is 16.5 Å². The van der Waals surface area contributed by atoms with Crippen molar-refractivity contribution in [2.24, 2.45) is 0 Å². The summed E-state index contributed by atoms with van der Waals surface area (Å²) in [4.78, 5) is 31.5. The van der Waals surface area contributed by atoms with Gasteiger partial charge in [-0.15, -0.1) is 0 Å². The van der Waals surface area contributed by atoms with E-state index in [-0.39, 0.29) is 17.7 Å². The molecule has 1 aromatic carbocycles. The molecule has 1 aliphatic rings. The fourth-order valence-electron chi connectivity index (χ4n) is 3.82. The number of hydrogen-bond donors (Lipinski definition) is 3. The van der Waals surface area contributed by atoms with Gasteiger partial charge < -0.3 is 20.3 Å². The highest BCUT2D eigenvalue weighted by Crippen LogP contribution is 2.26. The lowest BCUT2D eigenvalue weighted by Gasteiger charge is -2.27. The zero-order chi connectivity index (χ0) is 20.4. The molecule has 8 heteroatoms. The predicted molar refractivity (Wildman–Crippen MR) is 108 cm³/mol. The maximum atomic E-state index is 12.9.